The Morgan fingerprint density at radius 1 is 1.50 bits per heavy atom. The minimum Gasteiger partial charge on any atom is -0.472 e. The summed E-state index contributed by atoms with van der Waals surface area (Å²) in [5.74, 6) is -1.21. The van der Waals surface area contributed by atoms with Crippen molar-refractivity contribution < 1.29 is 18.7 Å². The summed E-state index contributed by atoms with van der Waals surface area (Å²) in [5.41, 5.74) is 0.384. The summed E-state index contributed by atoms with van der Waals surface area (Å²) in [6, 6.07) is 1.20. The van der Waals surface area contributed by atoms with Gasteiger partial charge in [0.25, 0.3) is 5.88 Å². The molecule has 0 spiro atoms. The lowest BCUT2D eigenvalue weighted by Crippen LogP contribution is -2.10. The molecule has 0 radical (unpaired) electrons. The van der Waals surface area contributed by atoms with Gasteiger partial charge in [-0.15, -0.1) is 0 Å². The van der Waals surface area contributed by atoms with E-state index in [0.29, 0.717) is 10.3 Å². The van der Waals surface area contributed by atoms with Gasteiger partial charge in [0, 0.05) is 13.0 Å². The van der Waals surface area contributed by atoms with Crippen molar-refractivity contribution in [2.75, 3.05) is 13.2 Å². The molecule has 96 valence electrons. The number of fused-ring (bicyclic) bond motifs is 1. The summed E-state index contributed by atoms with van der Waals surface area (Å²) >= 11 is 6.83. The SMILES string of the molecule is CC(=O)OCCOc1nc2sc(Cl)nc2cc1F. The number of halogens is 2. The molecule has 0 saturated carbocycles. The van der Waals surface area contributed by atoms with Crippen LogP contribution in [0.2, 0.25) is 4.47 Å². The summed E-state index contributed by atoms with van der Waals surface area (Å²) in [6.07, 6.45) is 0. The largest absolute Gasteiger partial charge is 0.472 e. The Balaban J connectivity index is 2.07. The zero-order valence-electron chi connectivity index (χ0n) is 9.27. The number of aromatic nitrogens is 2. The van der Waals surface area contributed by atoms with Crippen molar-refractivity contribution in [2.24, 2.45) is 0 Å². The number of esters is 1. The fraction of sp³-hybridized carbons (Fsp3) is 0.300. The lowest BCUT2D eigenvalue weighted by Gasteiger charge is -2.05. The smallest absolute Gasteiger partial charge is 0.302 e. The van der Waals surface area contributed by atoms with E-state index >= 15 is 0 Å². The van der Waals surface area contributed by atoms with E-state index in [9.17, 15) is 9.18 Å². The number of ether oxygens (including phenoxy) is 2. The van der Waals surface area contributed by atoms with E-state index in [-0.39, 0.29) is 23.6 Å². The Hall–Kier alpha value is -1.47. The van der Waals surface area contributed by atoms with Gasteiger partial charge >= 0.3 is 5.97 Å². The maximum absolute atomic E-state index is 13.5. The van der Waals surface area contributed by atoms with E-state index in [2.05, 4.69) is 14.7 Å². The number of hydrogen-bond acceptors (Lipinski definition) is 6. The third-order valence-electron chi connectivity index (χ3n) is 1.91. The minimum absolute atomic E-state index is 0.0293. The van der Waals surface area contributed by atoms with Crippen LogP contribution < -0.4 is 4.74 Å². The molecule has 0 N–H and O–H groups in total. The van der Waals surface area contributed by atoms with E-state index < -0.39 is 11.8 Å². The van der Waals surface area contributed by atoms with Crippen LogP contribution in [0.5, 0.6) is 5.88 Å². The first kappa shape index (κ1) is 13.0. The highest BCUT2D eigenvalue weighted by molar-refractivity contribution is 7.21. The molecule has 0 aliphatic heterocycles. The molecule has 0 fully saturated rings. The maximum atomic E-state index is 13.5. The molecule has 8 heteroatoms. The second-order valence-electron chi connectivity index (χ2n) is 3.25. The molecule has 5 nitrogen and oxygen atoms in total. The van der Waals surface area contributed by atoms with E-state index in [0.717, 1.165) is 11.3 Å². The van der Waals surface area contributed by atoms with Crippen molar-refractivity contribution in [3.05, 3.63) is 16.4 Å². The standard InChI is InChI=1S/C10H8ClFN2O3S/c1-5(15)16-2-3-17-8-6(12)4-7-9(14-8)18-10(11)13-7/h4H,2-3H2,1H3. The van der Waals surface area contributed by atoms with Crippen LogP contribution in [0, 0.1) is 5.82 Å². The van der Waals surface area contributed by atoms with Gasteiger partial charge in [-0.25, -0.2) is 9.37 Å². The summed E-state index contributed by atoms with van der Waals surface area (Å²) in [5, 5.41) is 0. The second kappa shape index (κ2) is 5.45. The quantitative estimate of drug-likeness (QED) is 0.639. The number of nitrogens with zero attached hydrogens (tertiary/aromatic N) is 2. The fourth-order valence-electron chi connectivity index (χ4n) is 1.22. The van der Waals surface area contributed by atoms with Crippen molar-refractivity contribution in [1.29, 1.82) is 0 Å². The third-order valence-corrected chi connectivity index (χ3v) is 2.98. The van der Waals surface area contributed by atoms with Gasteiger partial charge in [0.1, 0.15) is 23.6 Å². The average molecular weight is 291 g/mol. The maximum Gasteiger partial charge on any atom is 0.302 e. The molecule has 0 aliphatic rings. The number of thiazole rings is 1. The highest BCUT2D eigenvalue weighted by atomic mass is 35.5. The van der Waals surface area contributed by atoms with Gasteiger partial charge in [-0.1, -0.05) is 22.9 Å². The minimum atomic E-state index is -0.632. The van der Waals surface area contributed by atoms with E-state index in [1.54, 1.807) is 0 Å². The van der Waals surface area contributed by atoms with Crippen LogP contribution in [0.3, 0.4) is 0 Å². The fourth-order valence-corrected chi connectivity index (χ4v) is 2.18. The molecule has 2 aromatic heterocycles. The molecule has 0 aromatic carbocycles. The van der Waals surface area contributed by atoms with Gasteiger partial charge in [0.2, 0.25) is 0 Å². The Morgan fingerprint density at radius 3 is 3.00 bits per heavy atom. The third kappa shape index (κ3) is 3.05. The van der Waals surface area contributed by atoms with Crippen molar-refractivity contribution in [3.8, 4) is 5.88 Å². The van der Waals surface area contributed by atoms with Crippen molar-refractivity contribution >= 4 is 39.3 Å². The van der Waals surface area contributed by atoms with Gasteiger partial charge < -0.3 is 9.47 Å². The number of rotatable bonds is 4. The van der Waals surface area contributed by atoms with Crippen molar-refractivity contribution in [2.45, 2.75) is 6.92 Å². The molecule has 2 aromatic rings. The number of carbonyl (C=O) groups excluding carboxylic acids is 1. The zero-order chi connectivity index (χ0) is 13.1. The predicted molar refractivity (Wildman–Crippen MR) is 64.5 cm³/mol. The molecule has 2 rings (SSSR count). The molecular formula is C10H8ClFN2O3S. The zero-order valence-corrected chi connectivity index (χ0v) is 10.8. The molecule has 0 unspecified atom stereocenters. The first-order chi connectivity index (χ1) is 8.56. The van der Waals surface area contributed by atoms with E-state index in [1.165, 1.54) is 13.0 Å². The van der Waals surface area contributed by atoms with Gasteiger partial charge in [-0.2, -0.15) is 4.98 Å². The highest BCUT2D eigenvalue weighted by Crippen LogP contribution is 2.27. The van der Waals surface area contributed by atoms with Gasteiger partial charge in [-0.05, 0) is 0 Å². The molecule has 2 heterocycles. The Morgan fingerprint density at radius 2 is 2.28 bits per heavy atom. The normalized spacial score (nSPS) is 10.6. The molecule has 0 aliphatic carbocycles. The summed E-state index contributed by atoms with van der Waals surface area (Å²) in [7, 11) is 0. The van der Waals surface area contributed by atoms with Crippen molar-refractivity contribution in [1.82, 2.24) is 9.97 Å². The Labute approximate surface area is 111 Å². The monoisotopic (exact) mass is 290 g/mol. The Kier molecular flexibility index (Phi) is 3.93. The van der Waals surface area contributed by atoms with Crippen molar-refractivity contribution in [3.63, 3.8) is 0 Å². The summed E-state index contributed by atoms with van der Waals surface area (Å²) < 4.78 is 23.6. The Bertz CT molecular complexity index is 590. The predicted octanol–water partition coefficient (Wildman–Crippen LogP) is 2.43. The number of hydrogen-bond donors (Lipinski definition) is 0. The lowest BCUT2D eigenvalue weighted by atomic mass is 10.4. The van der Waals surface area contributed by atoms with Gasteiger partial charge in [0.05, 0.1) is 0 Å². The van der Waals surface area contributed by atoms with Crippen LogP contribution in [-0.4, -0.2) is 29.2 Å². The van der Waals surface area contributed by atoms with Gasteiger partial charge in [-0.3, -0.25) is 4.79 Å². The van der Waals surface area contributed by atoms with Crippen LogP contribution in [-0.2, 0) is 9.53 Å². The molecular weight excluding hydrogens is 283 g/mol. The molecule has 18 heavy (non-hydrogen) atoms. The number of pyridine rings is 1. The topological polar surface area (TPSA) is 61.3 Å². The summed E-state index contributed by atoms with van der Waals surface area (Å²) in [6.45, 7) is 1.35. The number of carbonyl (C=O) groups is 1. The second-order valence-corrected chi connectivity index (χ2v) is 4.81. The summed E-state index contributed by atoms with van der Waals surface area (Å²) in [4.78, 5) is 18.8. The van der Waals surface area contributed by atoms with Crippen LogP contribution in [0.15, 0.2) is 6.07 Å². The highest BCUT2D eigenvalue weighted by Gasteiger charge is 2.11. The molecule has 0 atom stereocenters. The molecule has 0 saturated heterocycles. The van der Waals surface area contributed by atoms with Crippen LogP contribution >= 0.6 is 22.9 Å². The molecule has 0 amide bonds. The van der Waals surface area contributed by atoms with Crippen LogP contribution in [0.4, 0.5) is 4.39 Å². The first-order valence-corrected chi connectivity index (χ1v) is 6.14. The first-order valence-electron chi connectivity index (χ1n) is 4.95. The van der Waals surface area contributed by atoms with E-state index in [1.807, 2.05) is 0 Å². The lowest BCUT2D eigenvalue weighted by molar-refractivity contribution is -0.141. The van der Waals surface area contributed by atoms with E-state index in [4.69, 9.17) is 16.3 Å². The van der Waals surface area contributed by atoms with Gasteiger partial charge in [0.15, 0.2) is 10.3 Å². The average Bonchev–Trinajstić information content (AvgIpc) is 2.63. The van der Waals surface area contributed by atoms with Crippen LogP contribution in [0.1, 0.15) is 6.92 Å². The molecule has 0 bridgehead atoms. The van der Waals surface area contributed by atoms with Crippen LogP contribution in [0.25, 0.3) is 10.3 Å².